The van der Waals surface area contributed by atoms with Gasteiger partial charge in [-0.25, -0.2) is 4.98 Å². The molecular formula is C21H29N5O. The highest BCUT2D eigenvalue weighted by molar-refractivity contribution is 5.65. The molecule has 2 aliphatic heterocycles. The van der Waals surface area contributed by atoms with E-state index < -0.39 is 0 Å². The van der Waals surface area contributed by atoms with Gasteiger partial charge in [-0.3, -0.25) is 9.88 Å². The third-order valence-corrected chi connectivity index (χ3v) is 5.52. The Labute approximate surface area is 161 Å². The number of morpholine rings is 1. The zero-order chi connectivity index (χ0) is 18.6. The van der Waals surface area contributed by atoms with E-state index in [9.17, 15) is 0 Å². The Morgan fingerprint density at radius 2 is 1.67 bits per heavy atom. The van der Waals surface area contributed by atoms with Crippen LogP contribution >= 0.6 is 0 Å². The van der Waals surface area contributed by atoms with Crippen LogP contribution in [0.4, 0.5) is 11.5 Å². The Morgan fingerprint density at radius 3 is 2.33 bits per heavy atom. The quantitative estimate of drug-likeness (QED) is 0.827. The summed E-state index contributed by atoms with van der Waals surface area (Å²) in [5, 5.41) is 0. The fourth-order valence-electron chi connectivity index (χ4n) is 3.78. The van der Waals surface area contributed by atoms with Crippen molar-refractivity contribution in [2.75, 3.05) is 62.3 Å². The van der Waals surface area contributed by atoms with Crippen LogP contribution in [-0.4, -0.2) is 73.4 Å². The molecule has 0 aliphatic carbocycles. The Kier molecular flexibility index (Phi) is 5.55. The minimum atomic E-state index is 0.611. The molecule has 0 radical (unpaired) electrons. The molecule has 6 heteroatoms. The van der Waals surface area contributed by atoms with Crippen LogP contribution in [0.25, 0.3) is 11.3 Å². The maximum Gasteiger partial charge on any atom is 0.147 e. The fourth-order valence-corrected chi connectivity index (χ4v) is 3.78. The van der Waals surface area contributed by atoms with E-state index in [4.69, 9.17) is 14.7 Å². The van der Waals surface area contributed by atoms with Crippen molar-refractivity contribution in [3.63, 3.8) is 0 Å². The lowest BCUT2D eigenvalue weighted by atomic mass is 10.1. The first-order valence-corrected chi connectivity index (χ1v) is 9.95. The minimum absolute atomic E-state index is 0.611. The predicted octanol–water partition coefficient (Wildman–Crippen LogP) is 2.51. The smallest absolute Gasteiger partial charge is 0.147 e. The molecule has 27 heavy (non-hydrogen) atoms. The van der Waals surface area contributed by atoms with E-state index in [-0.39, 0.29) is 0 Å². The number of piperazine rings is 1. The second-order valence-electron chi connectivity index (χ2n) is 7.53. The van der Waals surface area contributed by atoms with Crippen molar-refractivity contribution in [1.82, 2.24) is 14.9 Å². The van der Waals surface area contributed by atoms with E-state index in [0.717, 1.165) is 69.6 Å². The highest BCUT2D eigenvalue weighted by Crippen LogP contribution is 2.24. The topological polar surface area (TPSA) is 44.7 Å². The van der Waals surface area contributed by atoms with Gasteiger partial charge in [0.25, 0.3) is 0 Å². The Morgan fingerprint density at radius 1 is 0.889 bits per heavy atom. The summed E-state index contributed by atoms with van der Waals surface area (Å²) >= 11 is 0. The zero-order valence-corrected chi connectivity index (χ0v) is 16.3. The molecule has 0 atom stereocenters. The first-order valence-electron chi connectivity index (χ1n) is 9.95. The maximum absolute atomic E-state index is 5.45. The molecule has 2 saturated heterocycles. The Bertz CT molecular complexity index is 734. The second kappa shape index (κ2) is 8.23. The van der Waals surface area contributed by atoms with Gasteiger partial charge in [-0.15, -0.1) is 0 Å². The van der Waals surface area contributed by atoms with E-state index in [2.05, 4.69) is 52.8 Å². The van der Waals surface area contributed by atoms with Crippen molar-refractivity contribution in [3.05, 3.63) is 36.7 Å². The first kappa shape index (κ1) is 18.2. The highest BCUT2D eigenvalue weighted by Gasteiger charge is 2.20. The lowest BCUT2D eigenvalue weighted by Gasteiger charge is -2.37. The van der Waals surface area contributed by atoms with Crippen LogP contribution in [0.15, 0.2) is 36.7 Å². The summed E-state index contributed by atoms with van der Waals surface area (Å²) in [4.78, 5) is 16.6. The summed E-state index contributed by atoms with van der Waals surface area (Å²) in [6.45, 7) is 12.2. The molecule has 1 aromatic heterocycles. The second-order valence-corrected chi connectivity index (χ2v) is 7.53. The largest absolute Gasteiger partial charge is 0.378 e. The third kappa shape index (κ3) is 4.22. The number of hydrogen-bond donors (Lipinski definition) is 0. The molecule has 3 heterocycles. The SMILES string of the molecule is CC(C)N1CCN(c2cnc(-c3cccc(N4CCOCC4)c3)cn2)CC1. The van der Waals surface area contributed by atoms with Crippen molar-refractivity contribution in [2.24, 2.45) is 0 Å². The van der Waals surface area contributed by atoms with E-state index in [0.29, 0.717) is 6.04 Å². The number of nitrogens with zero attached hydrogens (tertiary/aromatic N) is 5. The number of hydrogen-bond acceptors (Lipinski definition) is 6. The number of rotatable bonds is 4. The lowest BCUT2D eigenvalue weighted by molar-refractivity contribution is 0.122. The summed E-state index contributed by atoms with van der Waals surface area (Å²) in [6.07, 6.45) is 3.82. The average molecular weight is 367 g/mol. The molecule has 2 aromatic rings. The lowest BCUT2D eigenvalue weighted by Crippen LogP contribution is -2.49. The Hall–Kier alpha value is -2.18. The van der Waals surface area contributed by atoms with E-state index >= 15 is 0 Å². The van der Waals surface area contributed by atoms with Crippen molar-refractivity contribution in [1.29, 1.82) is 0 Å². The van der Waals surface area contributed by atoms with Gasteiger partial charge < -0.3 is 14.5 Å². The van der Waals surface area contributed by atoms with Gasteiger partial charge in [-0.05, 0) is 26.0 Å². The maximum atomic E-state index is 5.45. The van der Waals surface area contributed by atoms with Gasteiger partial charge >= 0.3 is 0 Å². The molecule has 2 aliphatic rings. The number of aromatic nitrogens is 2. The van der Waals surface area contributed by atoms with Gasteiger partial charge in [0.05, 0.1) is 31.3 Å². The van der Waals surface area contributed by atoms with Crippen LogP contribution in [0.5, 0.6) is 0 Å². The monoisotopic (exact) mass is 367 g/mol. The van der Waals surface area contributed by atoms with Crippen LogP contribution in [0.3, 0.4) is 0 Å². The molecule has 4 rings (SSSR count). The molecule has 0 amide bonds. The molecule has 6 nitrogen and oxygen atoms in total. The van der Waals surface area contributed by atoms with Crippen LogP contribution in [0.1, 0.15) is 13.8 Å². The van der Waals surface area contributed by atoms with Crippen molar-refractivity contribution in [3.8, 4) is 11.3 Å². The number of anilines is 2. The van der Waals surface area contributed by atoms with E-state index in [1.165, 1.54) is 5.69 Å². The molecule has 1 aromatic carbocycles. The first-order chi connectivity index (χ1) is 13.2. The van der Waals surface area contributed by atoms with Gasteiger partial charge in [0, 0.05) is 56.6 Å². The summed E-state index contributed by atoms with van der Waals surface area (Å²) in [6, 6.07) is 9.18. The molecule has 0 N–H and O–H groups in total. The molecule has 0 unspecified atom stereocenters. The van der Waals surface area contributed by atoms with Crippen LogP contribution in [0.2, 0.25) is 0 Å². The van der Waals surface area contributed by atoms with Gasteiger partial charge in [-0.2, -0.15) is 0 Å². The van der Waals surface area contributed by atoms with Gasteiger partial charge in [-0.1, -0.05) is 12.1 Å². The van der Waals surface area contributed by atoms with E-state index in [1.807, 2.05) is 12.4 Å². The fraction of sp³-hybridized carbons (Fsp3) is 0.524. The summed E-state index contributed by atoms with van der Waals surface area (Å²) < 4.78 is 5.45. The normalized spacial score (nSPS) is 18.9. The predicted molar refractivity (Wildman–Crippen MR) is 109 cm³/mol. The molecule has 0 spiro atoms. The van der Waals surface area contributed by atoms with Gasteiger partial charge in [0.2, 0.25) is 0 Å². The summed E-state index contributed by atoms with van der Waals surface area (Å²) in [5.41, 5.74) is 3.27. The molecule has 144 valence electrons. The average Bonchev–Trinajstić information content (AvgIpc) is 2.75. The minimum Gasteiger partial charge on any atom is -0.378 e. The third-order valence-electron chi connectivity index (χ3n) is 5.52. The van der Waals surface area contributed by atoms with Gasteiger partial charge in [0.1, 0.15) is 5.82 Å². The van der Waals surface area contributed by atoms with Crippen molar-refractivity contribution < 1.29 is 4.74 Å². The van der Waals surface area contributed by atoms with Crippen LogP contribution in [0, 0.1) is 0 Å². The molecule has 0 bridgehead atoms. The standard InChI is InChI=1S/C21H29N5O/c1-17(2)24-6-8-26(9-7-24)21-16-22-20(15-23-21)18-4-3-5-19(14-18)25-10-12-27-13-11-25/h3-5,14-17H,6-13H2,1-2H3. The highest BCUT2D eigenvalue weighted by atomic mass is 16.5. The summed E-state index contributed by atoms with van der Waals surface area (Å²) in [7, 11) is 0. The van der Waals surface area contributed by atoms with Crippen molar-refractivity contribution >= 4 is 11.5 Å². The number of ether oxygens (including phenoxy) is 1. The van der Waals surface area contributed by atoms with Crippen LogP contribution < -0.4 is 9.80 Å². The molecule has 0 saturated carbocycles. The summed E-state index contributed by atoms with van der Waals surface area (Å²) in [5.74, 6) is 0.978. The molecule has 2 fully saturated rings. The van der Waals surface area contributed by atoms with Crippen molar-refractivity contribution in [2.45, 2.75) is 19.9 Å². The van der Waals surface area contributed by atoms with Crippen LogP contribution in [-0.2, 0) is 4.74 Å². The zero-order valence-electron chi connectivity index (χ0n) is 16.3. The van der Waals surface area contributed by atoms with E-state index in [1.54, 1.807) is 0 Å². The Balaban J connectivity index is 1.45. The van der Waals surface area contributed by atoms with Gasteiger partial charge in [0.15, 0.2) is 0 Å². The number of benzene rings is 1. The molecular weight excluding hydrogens is 338 g/mol.